The molecule has 0 bridgehead atoms. The molecular weight excluding hydrogens is 381 g/mol. The van der Waals surface area contributed by atoms with Crippen LogP contribution in [0.15, 0.2) is 60.0 Å². The number of hydrogen-bond donors (Lipinski definition) is 1. The largest absolute Gasteiger partial charge is 0.489 e. The molecule has 0 amide bonds. The zero-order valence-electron chi connectivity index (χ0n) is 13.0. The molecule has 3 rings (SSSR count). The van der Waals surface area contributed by atoms with Crippen molar-refractivity contribution in [1.29, 1.82) is 0 Å². The van der Waals surface area contributed by atoms with Gasteiger partial charge in [-0.1, -0.05) is 53.2 Å². The van der Waals surface area contributed by atoms with Crippen molar-refractivity contribution in [1.82, 2.24) is 14.8 Å². The Morgan fingerprint density at radius 3 is 2.72 bits per heavy atom. The van der Waals surface area contributed by atoms with Crippen LogP contribution in [0.1, 0.15) is 0 Å². The normalized spacial score (nSPS) is 12.1. The predicted octanol–water partition coefficient (Wildman–Crippen LogP) is 4.11. The molecule has 1 unspecified atom stereocenters. The number of halogens is 2. The van der Waals surface area contributed by atoms with Crippen LogP contribution < -0.4 is 4.74 Å². The second-order valence-corrected chi connectivity index (χ2v) is 6.99. The summed E-state index contributed by atoms with van der Waals surface area (Å²) in [5.74, 6) is 0.894. The van der Waals surface area contributed by atoms with Crippen molar-refractivity contribution < 1.29 is 9.84 Å². The maximum absolute atomic E-state index is 10.1. The lowest BCUT2D eigenvalue weighted by atomic mass is 10.3. The standard InChI is InChI=1S/C17H15Cl2N3O2S/c18-12-6-7-16(15(19)8-12)24-9-14(23)10-25-17-20-11-22(21-17)13-4-2-1-3-5-13/h1-8,11,14,23H,9-10H2. The Morgan fingerprint density at radius 1 is 1.16 bits per heavy atom. The van der Waals surface area contributed by atoms with Gasteiger partial charge in [0.15, 0.2) is 0 Å². The van der Waals surface area contributed by atoms with Gasteiger partial charge in [0.2, 0.25) is 5.16 Å². The summed E-state index contributed by atoms with van der Waals surface area (Å²) in [6.45, 7) is 0.119. The van der Waals surface area contributed by atoms with Crippen LogP contribution in [0.4, 0.5) is 0 Å². The highest BCUT2D eigenvalue weighted by Gasteiger charge is 2.11. The number of para-hydroxylation sites is 1. The van der Waals surface area contributed by atoms with Gasteiger partial charge in [-0.2, -0.15) is 0 Å². The van der Waals surface area contributed by atoms with E-state index in [1.807, 2.05) is 30.3 Å². The van der Waals surface area contributed by atoms with Crippen LogP contribution in [0, 0.1) is 0 Å². The van der Waals surface area contributed by atoms with Crippen LogP contribution >= 0.6 is 35.0 Å². The van der Waals surface area contributed by atoms with E-state index in [0.29, 0.717) is 26.7 Å². The van der Waals surface area contributed by atoms with Crippen LogP contribution in [0.3, 0.4) is 0 Å². The zero-order valence-corrected chi connectivity index (χ0v) is 15.4. The third-order valence-electron chi connectivity index (χ3n) is 3.22. The minimum atomic E-state index is -0.680. The second-order valence-electron chi connectivity index (χ2n) is 5.16. The first-order valence-electron chi connectivity index (χ1n) is 7.47. The van der Waals surface area contributed by atoms with Crippen molar-refractivity contribution >= 4 is 35.0 Å². The Kier molecular flexibility index (Phi) is 6.20. The van der Waals surface area contributed by atoms with E-state index in [-0.39, 0.29) is 6.61 Å². The third kappa shape index (κ3) is 5.12. The Labute approximate surface area is 159 Å². The molecular formula is C17H15Cl2N3O2S. The highest BCUT2D eigenvalue weighted by molar-refractivity contribution is 7.99. The number of thioether (sulfide) groups is 1. The van der Waals surface area contributed by atoms with Crippen molar-refractivity contribution in [3.63, 3.8) is 0 Å². The molecule has 0 radical (unpaired) electrons. The highest BCUT2D eigenvalue weighted by Crippen LogP contribution is 2.27. The van der Waals surface area contributed by atoms with Crippen LogP contribution in [0.25, 0.3) is 5.69 Å². The summed E-state index contributed by atoms with van der Waals surface area (Å²) in [6, 6.07) is 14.7. The molecule has 0 aliphatic carbocycles. The molecule has 8 heteroatoms. The van der Waals surface area contributed by atoms with E-state index in [1.54, 1.807) is 29.2 Å². The molecule has 2 aromatic carbocycles. The molecule has 1 heterocycles. The van der Waals surface area contributed by atoms with Gasteiger partial charge < -0.3 is 9.84 Å². The lowest BCUT2D eigenvalue weighted by molar-refractivity contribution is 0.126. The fraction of sp³-hybridized carbons (Fsp3) is 0.176. The van der Waals surface area contributed by atoms with E-state index in [2.05, 4.69) is 10.1 Å². The van der Waals surface area contributed by atoms with E-state index >= 15 is 0 Å². The first-order valence-corrected chi connectivity index (χ1v) is 9.22. The predicted molar refractivity (Wildman–Crippen MR) is 100 cm³/mol. The number of nitrogens with zero attached hydrogens (tertiary/aromatic N) is 3. The Hall–Kier alpha value is -1.73. The number of benzene rings is 2. The first kappa shape index (κ1) is 18.1. The summed E-state index contributed by atoms with van der Waals surface area (Å²) in [4.78, 5) is 4.23. The maximum Gasteiger partial charge on any atom is 0.208 e. The van der Waals surface area contributed by atoms with E-state index < -0.39 is 6.10 Å². The van der Waals surface area contributed by atoms with Crippen molar-refractivity contribution in [3.8, 4) is 11.4 Å². The van der Waals surface area contributed by atoms with Gasteiger partial charge in [0.25, 0.3) is 0 Å². The van der Waals surface area contributed by atoms with Crippen molar-refractivity contribution in [2.45, 2.75) is 11.3 Å². The lowest BCUT2D eigenvalue weighted by Crippen LogP contribution is -2.20. The molecule has 25 heavy (non-hydrogen) atoms. The van der Waals surface area contributed by atoms with Gasteiger partial charge in [0.1, 0.15) is 18.7 Å². The monoisotopic (exact) mass is 395 g/mol. The minimum absolute atomic E-state index is 0.119. The Bertz CT molecular complexity index is 830. The highest BCUT2D eigenvalue weighted by atomic mass is 35.5. The van der Waals surface area contributed by atoms with Gasteiger partial charge >= 0.3 is 0 Å². The van der Waals surface area contributed by atoms with Gasteiger partial charge in [-0.05, 0) is 30.3 Å². The van der Waals surface area contributed by atoms with E-state index in [1.165, 1.54) is 11.8 Å². The fourth-order valence-corrected chi connectivity index (χ4v) is 3.18. The summed E-state index contributed by atoms with van der Waals surface area (Å²) in [6.07, 6.45) is 0.967. The quantitative estimate of drug-likeness (QED) is 0.610. The van der Waals surface area contributed by atoms with Gasteiger partial charge in [-0.3, -0.25) is 0 Å². The van der Waals surface area contributed by atoms with Crippen LogP contribution in [0.2, 0.25) is 10.0 Å². The Morgan fingerprint density at radius 2 is 1.96 bits per heavy atom. The molecule has 5 nitrogen and oxygen atoms in total. The molecule has 1 N–H and O–H groups in total. The molecule has 130 valence electrons. The molecule has 0 saturated heterocycles. The molecule has 1 atom stereocenters. The number of rotatable bonds is 7. The Balaban J connectivity index is 1.49. The third-order valence-corrected chi connectivity index (χ3v) is 4.75. The number of aliphatic hydroxyl groups excluding tert-OH is 1. The van der Waals surface area contributed by atoms with Gasteiger partial charge in [-0.25, -0.2) is 9.67 Å². The van der Waals surface area contributed by atoms with Crippen LogP contribution in [-0.4, -0.2) is 38.3 Å². The van der Waals surface area contributed by atoms with Crippen molar-refractivity contribution in [2.75, 3.05) is 12.4 Å². The number of hydrogen-bond acceptors (Lipinski definition) is 5. The van der Waals surface area contributed by atoms with Crippen LogP contribution in [0.5, 0.6) is 5.75 Å². The number of aromatic nitrogens is 3. The topological polar surface area (TPSA) is 60.2 Å². The van der Waals surface area contributed by atoms with Crippen molar-refractivity contribution in [2.24, 2.45) is 0 Å². The minimum Gasteiger partial charge on any atom is -0.489 e. The van der Waals surface area contributed by atoms with E-state index in [4.69, 9.17) is 27.9 Å². The molecule has 0 aliphatic rings. The van der Waals surface area contributed by atoms with Gasteiger partial charge in [-0.15, -0.1) is 5.10 Å². The second kappa shape index (κ2) is 8.58. The van der Waals surface area contributed by atoms with E-state index in [9.17, 15) is 5.11 Å². The summed E-state index contributed by atoms with van der Waals surface area (Å²) in [5, 5.41) is 16.0. The van der Waals surface area contributed by atoms with E-state index in [0.717, 1.165) is 5.69 Å². The molecule has 0 fully saturated rings. The smallest absolute Gasteiger partial charge is 0.208 e. The summed E-state index contributed by atoms with van der Waals surface area (Å²) < 4.78 is 7.21. The average Bonchev–Trinajstić information content (AvgIpc) is 3.09. The maximum atomic E-state index is 10.1. The molecule has 0 aliphatic heterocycles. The SMILES string of the molecule is OC(COc1ccc(Cl)cc1Cl)CSc1ncn(-c2ccccc2)n1. The number of aliphatic hydroxyl groups is 1. The fourth-order valence-electron chi connectivity index (χ4n) is 2.02. The van der Waals surface area contributed by atoms with Crippen molar-refractivity contribution in [3.05, 3.63) is 64.9 Å². The molecule has 0 spiro atoms. The molecule has 1 aromatic heterocycles. The zero-order chi connectivity index (χ0) is 17.6. The molecule has 0 saturated carbocycles. The average molecular weight is 396 g/mol. The summed E-state index contributed by atoms with van der Waals surface area (Å²) in [7, 11) is 0. The molecule has 3 aromatic rings. The van der Waals surface area contributed by atoms with Crippen LogP contribution in [-0.2, 0) is 0 Å². The summed E-state index contributed by atoms with van der Waals surface area (Å²) in [5.41, 5.74) is 0.933. The van der Waals surface area contributed by atoms with Gasteiger partial charge in [0, 0.05) is 10.8 Å². The first-order chi connectivity index (χ1) is 12.1. The lowest BCUT2D eigenvalue weighted by Gasteiger charge is -2.12. The number of ether oxygens (including phenoxy) is 1. The summed E-state index contributed by atoms with van der Waals surface area (Å²) >= 11 is 13.2. The van der Waals surface area contributed by atoms with Gasteiger partial charge in [0.05, 0.1) is 16.8 Å².